The van der Waals surface area contributed by atoms with Crippen LogP contribution in [-0.4, -0.2) is 15.0 Å². The summed E-state index contributed by atoms with van der Waals surface area (Å²) in [7, 11) is 0. The molecule has 90 valence electrons. The molecule has 1 aromatic carbocycles. The minimum absolute atomic E-state index is 0.00355. The van der Waals surface area contributed by atoms with Gasteiger partial charge in [-0.2, -0.15) is 20.2 Å². The Bertz CT molecular complexity index is 614. The normalized spacial score (nSPS) is 9.83. The van der Waals surface area contributed by atoms with Crippen LogP contribution < -0.4 is 11.1 Å². The van der Waals surface area contributed by atoms with Gasteiger partial charge in [-0.25, -0.2) is 0 Å². The van der Waals surface area contributed by atoms with Crippen molar-refractivity contribution in [3.05, 3.63) is 34.6 Å². The Hall–Kier alpha value is -2.39. The Labute approximate surface area is 108 Å². The number of hydrogen-bond acceptors (Lipinski definition) is 6. The molecule has 6 nitrogen and oxygen atoms in total. The molecular weight excluding hydrogens is 252 g/mol. The molecule has 0 bridgehead atoms. The number of rotatable bonds is 2. The Balaban J connectivity index is 2.40. The summed E-state index contributed by atoms with van der Waals surface area (Å²) < 4.78 is 0. The van der Waals surface area contributed by atoms with Crippen molar-refractivity contribution < 1.29 is 0 Å². The lowest BCUT2D eigenvalue weighted by atomic mass is 10.1. The lowest BCUT2D eigenvalue weighted by molar-refractivity contribution is 1.07. The Morgan fingerprint density at radius 1 is 1.33 bits per heavy atom. The van der Waals surface area contributed by atoms with Crippen molar-refractivity contribution in [2.75, 3.05) is 11.1 Å². The van der Waals surface area contributed by atoms with Gasteiger partial charge in [-0.05, 0) is 30.2 Å². The molecule has 3 N–H and O–H groups in total. The standard InChI is InChI=1S/C11H9ClN6/c1-6-3-2-4-8(7(6)5-13)15-11-17-9(12)16-10(14)18-11/h2-4H,1H3,(H3,14,15,16,17,18). The van der Waals surface area contributed by atoms with Crippen LogP contribution in [0.15, 0.2) is 18.2 Å². The zero-order chi connectivity index (χ0) is 13.1. The van der Waals surface area contributed by atoms with E-state index in [1.54, 1.807) is 6.07 Å². The van der Waals surface area contributed by atoms with Gasteiger partial charge in [0.2, 0.25) is 17.2 Å². The van der Waals surface area contributed by atoms with Crippen molar-refractivity contribution >= 4 is 29.2 Å². The van der Waals surface area contributed by atoms with Gasteiger partial charge in [0.05, 0.1) is 11.3 Å². The smallest absolute Gasteiger partial charge is 0.233 e. The molecule has 1 heterocycles. The van der Waals surface area contributed by atoms with E-state index in [9.17, 15) is 0 Å². The maximum absolute atomic E-state index is 9.09. The lowest BCUT2D eigenvalue weighted by Crippen LogP contribution is -2.04. The molecule has 1 aromatic heterocycles. The number of hydrogen-bond donors (Lipinski definition) is 2. The second-order valence-corrected chi connectivity index (χ2v) is 3.86. The first-order chi connectivity index (χ1) is 8.60. The quantitative estimate of drug-likeness (QED) is 0.857. The minimum Gasteiger partial charge on any atom is -0.368 e. The van der Waals surface area contributed by atoms with E-state index in [1.165, 1.54) is 0 Å². The Morgan fingerprint density at radius 3 is 2.78 bits per heavy atom. The van der Waals surface area contributed by atoms with Crippen LogP contribution in [-0.2, 0) is 0 Å². The summed E-state index contributed by atoms with van der Waals surface area (Å²) in [6, 6.07) is 7.53. The summed E-state index contributed by atoms with van der Waals surface area (Å²) in [4.78, 5) is 11.4. The van der Waals surface area contributed by atoms with Gasteiger partial charge in [0, 0.05) is 0 Å². The maximum Gasteiger partial charge on any atom is 0.233 e. The van der Waals surface area contributed by atoms with Crippen LogP contribution in [0, 0.1) is 18.3 Å². The fourth-order valence-corrected chi connectivity index (χ4v) is 1.63. The van der Waals surface area contributed by atoms with Gasteiger partial charge in [0.1, 0.15) is 6.07 Å². The van der Waals surface area contributed by atoms with E-state index in [4.69, 9.17) is 22.6 Å². The highest BCUT2D eigenvalue weighted by Crippen LogP contribution is 2.21. The number of aryl methyl sites for hydroxylation is 1. The highest BCUT2D eigenvalue weighted by Gasteiger charge is 2.08. The molecule has 0 aliphatic carbocycles. The fourth-order valence-electron chi connectivity index (χ4n) is 1.46. The molecule has 2 rings (SSSR count). The second kappa shape index (κ2) is 4.85. The zero-order valence-corrected chi connectivity index (χ0v) is 10.2. The van der Waals surface area contributed by atoms with Crippen molar-refractivity contribution in [2.24, 2.45) is 0 Å². The molecule has 0 aliphatic rings. The molecule has 0 saturated carbocycles. The van der Waals surface area contributed by atoms with Crippen LogP contribution in [0.4, 0.5) is 17.6 Å². The predicted molar refractivity (Wildman–Crippen MR) is 68.4 cm³/mol. The predicted octanol–water partition coefficient (Wildman–Crippen LogP) is 2.03. The summed E-state index contributed by atoms with van der Waals surface area (Å²) >= 11 is 5.67. The summed E-state index contributed by atoms with van der Waals surface area (Å²) in [5.41, 5.74) is 7.44. The van der Waals surface area contributed by atoms with Crippen LogP contribution in [0.2, 0.25) is 5.28 Å². The third-order valence-electron chi connectivity index (χ3n) is 2.26. The number of anilines is 3. The molecule has 0 spiro atoms. The third-order valence-corrected chi connectivity index (χ3v) is 2.43. The number of aromatic nitrogens is 3. The second-order valence-electron chi connectivity index (χ2n) is 3.52. The van der Waals surface area contributed by atoms with Crippen molar-refractivity contribution in [3.8, 4) is 6.07 Å². The van der Waals surface area contributed by atoms with Crippen molar-refractivity contribution in [1.82, 2.24) is 15.0 Å². The fraction of sp³-hybridized carbons (Fsp3) is 0.0909. The number of nitrogens with zero attached hydrogens (tertiary/aromatic N) is 4. The number of benzene rings is 1. The molecular formula is C11H9ClN6. The van der Waals surface area contributed by atoms with Gasteiger partial charge in [-0.15, -0.1) is 0 Å². The van der Waals surface area contributed by atoms with Crippen LogP contribution in [0.25, 0.3) is 0 Å². The summed E-state index contributed by atoms with van der Waals surface area (Å²) in [6.45, 7) is 1.85. The highest BCUT2D eigenvalue weighted by atomic mass is 35.5. The number of nitrogens with two attached hydrogens (primary N) is 1. The van der Waals surface area contributed by atoms with Gasteiger partial charge in [-0.3, -0.25) is 0 Å². The summed E-state index contributed by atoms with van der Waals surface area (Å²) in [5, 5.41) is 12.0. The Kier molecular flexibility index (Phi) is 3.26. The molecule has 0 saturated heterocycles. The first-order valence-electron chi connectivity index (χ1n) is 5.04. The topological polar surface area (TPSA) is 101 Å². The van der Waals surface area contributed by atoms with Crippen LogP contribution >= 0.6 is 11.6 Å². The summed E-state index contributed by atoms with van der Waals surface area (Å²) in [5.74, 6) is 0.221. The third kappa shape index (κ3) is 2.47. The molecule has 0 atom stereocenters. The SMILES string of the molecule is Cc1cccc(Nc2nc(N)nc(Cl)n2)c1C#N. The van der Waals surface area contributed by atoms with Crippen molar-refractivity contribution in [3.63, 3.8) is 0 Å². The van der Waals surface area contributed by atoms with E-state index < -0.39 is 0 Å². The zero-order valence-electron chi connectivity index (χ0n) is 9.48. The molecule has 7 heteroatoms. The number of nitrogens with one attached hydrogen (secondary N) is 1. The molecule has 0 aliphatic heterocycles. The number of nitrogen functional groups attached to an aromatic ring is 1. The van der Waals surface area contributed by atoms with Gasteiger partial charge < -0.3 is 11.1 Å². The van der Waals surface area contributed by atoms with Crippen LogP contribution in [0.5, 0.6) is 0 Å². The van der Waals surface area contributed by atoms with Gasteiger partial charge in [0.25, 0.3) is 0 Å². The monoisotopic (exact) mass is 260 g/mol. The van der Waals surface area contributed by atoms with E-state index >= 15 is 0 Å². The first kappa shape index (κ1) is 12.1. The van der Waals surface area contributed by atoms with Gasteiger partial charge in [0.15, 0.2) is 0 Å². The van der Waals surface area contributed by atoms with Crippen LogP contribution in [0.1, 0.15) is 11.1 Å². The van der Waals surface area contributed by atoms with Crippen molar-refractivity contribution in [1.29, 1.82) is 5.26 Å². The Morgan fingerprint density at radius 2 is 2.11 bits per heavy atom. The summed E-state index contributed by atoms with van der Waals surface area (Å²) in [6.07, 6.45) is 0. The van der Waals surface area contributed by atoms with E-state index in [0.717, 1.165) is 5.56 Å². The maximum atomic E-state index is 9.09. The van der Waals surface area contributed by atoms with E-state index in [2.05, 4.69) is 26.3 Å². The largest absolute Gasteiger partial charge is 0.368 e. The van der Waals surface area contributed by atoms with E-state index in [1.807, 2.05) is 19.1 Å². The van der Waals surface area contributed by atoms with Crippen molar-refractivity contribution in [2.45, 2.75) is 6.92 Å². The molecule has 0 fully saturated rings. The highest BCUT2D eigenvalue weighted by molar-refractivity contribution is 6.28. The van der Waals surface area contributed by atoms with Gasteiger partial charge in [-0.1, -0.05) is 12.1 Å². The average molecular weight is 261 g/mol. The van der Waals surface area contributed by atoms with E-state index in [0.29, 0.717) is 11.3 Å². The van der Waals surface area contributed by atoms with Gasteiger partial charge >= 0.3 is 0 Å². The average Bonchev–Trinajstić information content (AvgIpc) is 2.27. The molecule has 0 radical (unpaired) electrons. The molecule has 0 unspecified atom stereocenters. The molecule has 2 aromatic rings. The van der Waals surface area contributed by atoms with E-state index in [-0.39, 0.29) is 17.2 Å². The lowest BCUT2D eigenvalue weighted by Gasteiger charge is -2.08. The molecule has 0 amide bonds. The van der Waals surface area contributed by atoms with Crippen LogP contribution in [0.3, 0.4) is 0 Å². The minimum atomic E-state index is -0.00355. The first-order valence-corrected chi connectivity index (χ1v) is 5.41. The molecule has 18 heavy (non-hydrogen) atoms. The number of nitriles is 1. The number of halogens is 1.